The fraction of sp³-hybridized carbons (Fsp3) is 0.226. The molecule has 1 saturated heterocycles. The van der Waals surface area contributed by atoms with Crippen molar-refractivity contribution in [2.24, 2.45) is 0 Å². The van der Waals surface area contributed by atoms with Crippen molar-refractivity contribution in [3.8, 4) is 16.5 Å². The third-order valence-corrected chi connectivity index (χ3v) is 8.64. The number of hydrogen-bond donors (Lipinski definition) is 1. The fourth-order valence-electron chi connectivity index (χ4n) is 5.40. The minimum absolute atomic E-state index is 0.179. The largest absolute Gasteiger partial charge is 0.341 e. The van der Waals surface area contributed by atoms with Crippen molar-refractivity contribution in [1.82, 2.24) is 4.98 Å². The van der Waals surface area contributed by atoms with Crippen molar-refractivity contribution < 1.29 is 14.0 Å². The molecule has 200 valence electrons. The number of fused-ring (bicyclic) bond motifs is 3. The Morgan fingerprint density at radius 3 is 2.75 bits per heavy atom. The zero-order valence-electron chi connectivity index (χ0n) is 21.9. The summed E-state index contributed by atoms with van der Waals surface area (Å²) in [4.78, 5) is 36.7. The minimum Gasteiger partial charge on any atom is -0.341 e. The van der Waals surface area contributed by atoms with Gasteiger partial charge in [-0.25, -0.2) is 9.37 Å². The maximum absolute atomic E-state index is 14.3. The summed E-state index contributed by atoms with van der Waals surface area (Å²) < 4.78 is 14.3. The molecule has 2 aliphatic rings. The van der Waals surface area contributed by atoms with E-state index in [0.29, 0.717) is 34.9 Å². The van der Waals surface area contributed by atoms with Crippen LogP contribution in [0.25, 0.3) is 10.4 Å². The first-order valence-electron chi connectivity index (χ1n) is 13.2. The van der Waals surface area contributed by atoms with Crippen LogP contribution in [0.2, 0.25) is 0 Å². The van der Waals surface area contributed by atoms with E-state index in [9.17, 15) is 19.2 Å². The molecule has 1 fully saturated rings. The summed E-state index contributed by atoms with van der Waals surface area (Å²) in [5.41, 5.74) is 3.71. The molecule has 1 atom stereocenters. The van der Waals surface area contributed by atoms with E-state index in [1.165, 1.54) is 17.4 Å². The number of nitrogens with one attached hydrogen (secondary N) is 1. The molecule has 0 bridgehead atoms. The molecule has 0 saturated carbocycles. The van der Waals surface area contributed by atoms with Crippen molar-refractivity contribution in [2.45, 2.75) is 32.2 Å². The standard InChI is InChI=1S/C31H26FN5O2S/c1-19-7-4-10-23(32)28(19)35-30(38)26-17-20-14-16-37(25-12-3-2-9-22(25)29(20)40-26)31(39)24-11-5-13-27(34-24)36-15-6-8-21(36)18-33/h2-5,7,9-13,17,21H,6,8,14-16H2,1H3,(H,35,38)/t21-/m1/s1. The lowest BCUT2D eigenvalue weighted by Gasteiger charge is -2.24. The molecule has 2 aromatic carbocycles. The molecular formula is C31H26FN5O2S. The van der Waals surface area contributed by atoms with E-state index >= 15 is 0 Å². The van der Waals surface area contributed by atoms with Crippen molar-refractivity contribution in [2.75, 3.05) is 28.2 Å². The van der Waals surface area contributed by atoms with Gasteiger partial charge in [0.2, 0.25) is 0 Å². The van der Waals surface area contributed by atoms with E-state index in [2.05, 4.69) is 16.4 Å². The quantitative estimate of drug-likeness (QED) is 0.326. The molecule has 2 amide bonds. The van der Waals surface area contributed by atoms with E-state index in [-0.39, 0.29) is 23.5 Å². The van der Waals surface area contributed by atoms with Crippen LogP contribution in [0.15, 0.2) is 66.7 Å². The SMILES string of the molecule is Cc1cccc(F)c1NC(=O)c1cc2c(s1)-c1ccccc1N(C(=O)c1cccc(N3CCC[C@@H]3C#N)n1)CC2. The Kier molecular flexibility index (Phi) is 6.78. The van der Waals surface area contributed by atoms with Crippen LogP contribution < -0.4 is 15.1 Å². The predicted octanol–water partition coefficient (Wildman–Crippen LogP) is 6.21. The first-order valence-corrected chi connectivity index (χ1v) is 14.0. The summed E-state index contributed by atoms with van der Waals surface area (Å²) in [5.74, 6) is -0.421. The van der Waals surface area contributed by atoms with Gasteiger partial charge in [-0.15, -0.1) is 11.3 Å². The normalized spacial score (nSPS) is 16.1. The predicted molar refractivity (Wildman–Crippen MR) is 154 cm³/mol. The van der Waals surface area contributed by atoms with Crippen LogP contribution in [0.4, 0.5) is 21.6 Å². The first kappa shape index (κ1) is 25.7. The second-order valence-electron chi connectivity index (χ2n) is 9.94. The zero-order chi connectivity index (χ0) is 27.8. The lowest BCUT2D eigenvalue weighted by atomic mass is 10.1. The highest BCUT2D eigenvalue weighted by Gasteiger charge is 2.30. The van der Waals surface area contributed by atoms with Crippen LogP contribution in [0.3, 0.4) is 0 Å². The maximum Gasteiger partial charge on any atom is 0.276 e. The van der Waals surface area contributed by atoms with Gasteiger partial charge in [0.25, 0.3) is 11.8 Å². The zero-order valence-corrected chi connectivity index (χ0v) is 22.7. The van der Waals surface area contributed by atoms with Gasteiger partial charge in [-0.3, -0.25) is 9.59 Å². The average Bonchev–Trinajstić information content (AvgIpc) is 3.60. The Morgan fingerprint density at radius 2 is 1.93 bits per heavy atom. The third-order valence-electron chi connectivity index (χ3n) is 7.43. The van der Waals surface area contributed by atoms with Crippen LogP contribution >= 0.6 is 11.3 Å². The number of halogens is 1. The number of nitrogens with zero attached hydrogens (tertiary/aromatic N) is 4. The number of rotatable bonds is 4. The molecule has 4 heterocycles. The molecule has 4 aromatic rings. The molecule has 0 unspecified atom stereocenters. The molecule has 2 aliphatic heterocycles. The maximum atomic E-state index is 14.3. The van der Waals surface area contributed by atoms with Crippen molar-refractivity contribution >= 4 is 40.3 Å². The van der Waals surface area contributed by atoms with Gasteiger partial charge in [-0.1, -0.05) is 36.4 Å². The number of nitriles is 1. The highest BCUT2D eigenvalue weighted by Crippen LogP contribution is 2.42. The lowest BCUT2D eigenvalue weighted by molar-refractivity contribution is 0.0981. The minimum atomic E-state index is -0.475. The van der Waals surface area contributed by atoms with Crippen molar-refractivity contribution in [3.63, 3.8) is 0 Å². The number of hydrogen-bond acceptors (Lipinski definition) is 6. The Labute approximate surface area is 235 Å². The van der Waals surface area contributed by atoms with Gasteiger partial charge in [0.1, 0.15) is 23.4 Å². The molecule has 6 rings (SSSR count). The summed E-state index contributed by atoms with van der Waals surface area (Å²) in [7, 11) is 0. The van der Waals surface area contributed by atoms with Crippen LogP contribution in [-0.2, 0) is 6.42 Å². The number of thiophene rings is 1. The van der Waals surface area contributed by atoms with Crippen LogP contribution in [0.1, 0.15) is 44.1 Å². The number of carbonyl (C=O) groups is 2. The molecular weight excluding hydrogens is 525 g/mol. The Bertz CT molecular complexity index is 1660. The number of aromatic nitrogens is 1. The third kappa shape index (κ3) is 4.61. The van der Waals surface area contributed by atoms with E-state index < -0.39 is 5.82 Å². The van der Waals surface area contributed by atoms with E-state index in [4.69, 9.17) is 0 Å². The monoisotopic (exact) mass is 551 g/mol. The molecule has 0 radical (unpaired) electrons. The summed E-state index contributed by atoms with van der Waals surface area (Å²) >= 11 is 1.34. The van der Waals surface area contributed by atoms with Crippen LogP contribution in [0.5, 0.6) is 0 Å². The Balaban J connectivity index is 1.30. The number of pyridine rings is 1. The van der Waals surface area contributed by atoms with Crippen LogP contribution in [-0.4, -0.2) is 35.9 Å². The number of anilines is 3. The van der Waals surface area contributed by atoms with Gasteiger partial charge < -0.3 is 15.1 Å². The lowest BCUT2D eigenvalue weighted by Crippen LogP contribution is -2.34. The fourth-order valence-corrected chi connectivity index (χ4v) is 6.54. The summed E-state index contributed by atoms with van der Waals surface area (Å²) in [6.45, 7) is 2.90. The summed E-state index contributed by atoms with van der Waals surface area (Å²) in [6, 6.07) is 21.6. The number of amides is 2. The smallest absolute Gasteiger partial charge is 0.276 e. The number of carbonyl (C=O) groups excluding carboxylic acids is 2. The topological polar surface area (TPSA) is 89.3 Å². The van der Waals surface area contributed by atoms with E-state index in [0.717, 1.165) is 41.1 Å². The van der Waals surface area contributed by atoms with Gasteiger partial charge >= 0.3 is 0 Å². The molecule has 0 spiro atoms. The van der Waals surface area contributed by atoms with Crippen molar-refractivity contribution in [3.05, 3.63) is 94.2 Å². The first-order chi connectivity index (χ1) is 19.4. The van der Waals surface area contributed by atoms with E-state index in [1.54, 1.807) is 30.0 Å². The van der Waals surface area contributed by atoms with Gasteiger partial charge in [0.15, 0.2) is 0 Å². The summed E-state index contributed by atoms with van der Waals surface area (Å²) in [6.07, 6.45) is 2.25. The number of benzene rings is 2. The van der Waals surface area contributed by atoms with Gasteiger partial charge in [-0.05, 0) is 67.6 Å². The van der Waals surface area contributed by atoms with E-state index in [1.807, 2.05) is 47.4 Å². The molecule has 40 heavy (non-hydrogen) atoms. The van der Waals surface area contributed by atoms with Crippen LogP contribution in [0, 0.1) is 24.1 Å². The Hall–Kier alpha value is -4.55. The second-order valence-corrected chi connectivity index (χ2v) is 11.0. The molecule has 2 aromatic heterocycles. The molecule has 7 nitrogen and oxygen atoms in total. The summed E-state index contributed by atoms with van der Waals surface area (Å²) in [5, 5.41) is 12.2. The molecule has 0 aliphatic carbocycles. The number of para-hydroxylation sites is 2. The van der Waals surface area contributed by atoms with Crippen molar-refractivity contribution in [1.29, 1.82) is 5.26 Å². The van der Waals surface area contributed by atoms with Gasteiger partial charge in [0, 0.05) is 23.5 Å². The van der Waals surface area contributed by atoms with Gasteiger partial charge in [-0.2, -0.15) is 5.26 Å². The molecule has 9 heteroatoms. The highest BCUT2D eigenvalue weighted by atomic mass is 32.1. The molecule has 1 N–H and O–H groups in total. The van der Waals surface area contributed by atoms with Gasteiger partial charge in [0.05, 0.1) is 22.3 Å². The number of aryl methyl sites for hydroxylation is 1. The Morgan fingerprint density at radius 1 is 1.10 bits per heavy atom. The average molecular weight is 552 g/mol. The second kappa shape index (κ2) is 10.5. The highest BCUT2D eigenvalue weighted by molar-refractivity contribution is 7.17.